The van der Waals surface area contributed by atoms with Crippen LogP contribution in [0.4, 0.5) is 45.5 Å². The quantitative estimate of drug-likeness (QED) is 0.129. The van der Waals surface area contributed by atoms with E-state index in [1.165, 1.54) is 116 Å². The molecule has 316 valence electrons. The highest BCUT2D eigenvalue weighted by Gasteiger charge is 2.45. The molecule has 0 saturated heterocycles. The van der Waals surface area contributed by atoms with E-state index in [9.17, 15) is 0 Å². The molecule has 11 aromatic rings. The third-order valence-corrected chi connectivity index (χ3v) is 15.2. The van der Waals surface area contributed by atoms with Gasteiger partial charge < -0.3 is 14.7 Å². The number of fused-ring (bicyclic) bond motifs is 13. The molecule has 1 unspecified atom stereocenters. The van der Waals surface area contributed by atoms with E-state index >= 15 is 0 Å². The Kier molecular flexibility index (Phi) is 7.99. The van der Waals surface area contributed by atoms with Crippen LogP contribution >= 0.6 is 0 Å². The van der Waals surface area contributed by atoms with Crippen LogP contribution in [0.2, 0.25) is 0 Å². The van der Waals surface area contributed by atoms with Crippen LogP contribution in [0.25, 0.3) is 54.2 Å². The van der Waals surface area contributed by atoms with Crippen molar-refractivity contribution < 1.29 is 0 Å². The fourth-order valence-corrected chi connectivity index (χ4v) is 12.3. The SMILES string of the molecule is C1=C(c2cc3c4c(c2)N(c2ccccc2)c2cc5ccc6ccccc6c5cc2B4c2cc4c(ccc5ccccc54)cc2N3c2ccccc2)C=C2c3ccccc3N(c3ccccc3)C2C1. The van der Waals surface area contributed by atoms with Crippen molar-refractivity contribution in [2.75, 3.05) is 14.7 Å². The van der Waals surface area contributed by atoms with Crippen molar-refractivity contribution >= 4 is 123 Å². The molecule has 3 nitrogen and oxygen atoms in total. The van der Waals surface area contributed by atoms with Gasteiger partial charge in [-0.15, -0.1) is 0 Å². The Morgan fingerprint density at radius 2 is 0.868 bits per heavy atom. The van der Waals surface area contributed by atoms with Gasteiger partial charge in [0, 0.05) is 51.1 Å². The van der Waals surface area contributed by atoms with E-state index in [0.29, 0.717) is 0 Å². The van der Waals surface area contributed by atoms with Crippen LogP contribution in [-0.4, -0.2) is 12.8 Å². The first kappa shape index (κ1) is 37.6. The van der Waals surface area contributed by atoms with Gasteiger partial charge in [0.25, 0.3) is 6.71 Å². The van der Waals surface area contributed by atoms with E-state index in [1.807, 2.05) is 0 Å². The first-order valence-electron chi connectivity index (χ1n) is 23.9. The second kappa shape index (κ2) is 14.5. The van der Waals surface area contributed by atoms with Crippen molar-refractivity contribution in [3.63, 3.8) is 0 Å². The molecule has 3 heterocycles. The third-order valence-electron chi connectivity index (χ3n) is 15.2. The van der Waals surface area contributed by atoms with Crippen LogP contribution in [0, 0.1) is 0 Å². The van der Waals surface area contributed by atoms with Gasteiger partial charge in [0.15, 0.2) is 0 Å². The van der Waals surface area contributed by atoms with Crippen molar-refractivity contribution in [3.8, 4) is 0 Å². The second-order valence-electron chi connectivity index (χ2n) is 18.8. The van der Waals surface area contributed by atoms with E-state index in [4.69, 9.17) is 0 Å². The van der Waals surface area contributed by atoms with Crippen LogP contribution in [-0.2, 0) is 0 Å². The van der Waals surface area contributed by atoms with Gasteiger partial charge in [-0.3, -0.25) is 0 Å². The van der Waals surface area contributed by atoms with Crippen molar-refractivity contribution in [1.82, 2.24) is 0 Å². The highest BCUT2D eigenvalue weighted by molar-refractivity contribution is 7.00. The number of hydrogen-bond donors (Lipinski definition) is 0. The lowest BCUT2D eigenvalue weighted by molar-refractivity contribution is 0.831. The summed E-state index contributed by atoms with van der Waals surface area (Å²) in [6.45, 7) is -0.0464. The zero-order chi connectivity index (χ0) is 44.5. The van der Waals surface area contributed by atoms with E-state index in [-0.39, 0.29) is 12.8 Å². The van der Waals surface area contributed by atoms with Crippen molar-refractivity contribution in [2.24, 2.45) is 0 Å². The van der Waals surface area contributed by atoms with E-state index < -0.39 is 0 Å². The van der Waals surface area contributed by atoms with Crippen LogP contribution in [0.5, 0.6) is 0 Å². The first-order valence-corrected chi connectivity index (χ1v) is 23.9. The highest BCUT2D eigenvalue weighted by atomic mass is 15.2. The molecule has 15 rings (SSSR count). The molecule has 0 saturated carbocycles. The predicted octanol–water partition coefficient (Wildman–Crippen LogP) is 14.8. The monoisotopic (exact) mass is 863 g/mol. The van der Waals surface area contributed by atoms with Gasteiger partial charge in [0.1, 0.15) is 0 Å². The highest BCUT2D eigenvalue weighted by Crippen LogP contribution is 2.51. The molecule has 0 fully saturated rings. The molecule has 0 spiro atoms. The molecule has 0 N–H and O–H groups in total. The van der Waals surface area contributed by atoms with Crippen LogP contribution in [0.3, 0.4) is 0 Å². The number of anilines is 8. The van der Waals surface area contributed by atoms with Gasteiger partial charge >= 0.3 is 0 Å². The lowest BCUT2D eigenvalue weighted by Gasteiger charge is -2.45. The lowest BCUT2D eigenvalue weighted by atomic mass is 9.33. The smallest absolute Gasteiger partial charge is 0.252 e. The molecule has 3 aliphatic heterocycles. The van der Waals surface area contributed by atoms with Crippen molar-refractivity contribution in [1.29, 1.82) is 0 Å². The largest absolute Gasteiger partial charge is 0.333 e. The average molecular weight is 864 g/mol. The van der Waals surface area contributed by atoms with E-state index in [0.717, 1.165) is 17.8 Å². The maximum absolute atomic E-state index is 2.56. The normalized spacial score (nSPS) is 15.5. The predicted molar refractivity (Wildman–Crippen MR) is 290 cm³/mol. The fourth-order valence-electron chi connectivity index (χ4n) is 12.3. The molecule has 4 heteroatoms. The molecule has 1 atom stereocenters. The minimum absolute atomic E-state index is 0.0464. The molecule has 0 amide bonds. The Morgan fingerprint density at radius 3 is 1.44 bits per heavy atom. The summed E-state index contributed by atoms with van der Waals surface area (Å²) in [5, 5.41) is 10.1. The number of benzene rings is 11. The summed E-state index contributed by atoms with van der Waals surface area (Å²) in [7, 11) is 0. The van der Waals surface area contributed by atoms with Crippen molar-refractivity contribution in [3.05, 3.63) is 248 Å². The summed E-state index contributed by atoms with van der Waals surface area (Å²) >= 11 is 0. The number of rotatable bonds is 4. The van der Waals surface area contributed by atoms with Gasteiger partial charge in [-0.1, -0.05) is 164 Å². The number of hydrogen-bond acceptors (Lipinski definition) is 3. The molecule has 1 aliphatic carbocycles. The zero-order valence-corrected chi connectivity index (χ0v) is 37.2. The Labute approximate surface area is 395 Å². The second-order valence-corrected chi connectivity index (χ2v) is 18.8. The minimum Gasteiger partial charge on any atom is -0.333 e. The summed E-state index contributed by atoms with van der Waals surface area (Å²) in [6.07, 6.45) is 5.88. The zero-order valence-electron chi connectivity index (χ0n) is 37.2. The van der Waals surface area contributed by atoms with E-state index in [1.54, 1.807) is 0 Å². The van der Waals surface area contributed by atoms with Crippen molar-refractivity contribution in [2.45, 2.75) is 12.5 Å². The summed E-state index contributed by atoms with van der Waals surface area (Å²) in [4.78, 5) is 7.67. The number of para-hydroxylation sites is 4. The Hall–Kier alpha value is -8.60. The molecule has 68 heavy (non-hydrogen) atoms. The Balaban J connectivity index is 1.04. The summed E-state index contributed by atoms with van der Waals surface area (Å²) in [6, 6.07) is 84.1. The molecular formula is C64H42BN3. The summed E-state index contributed by atoms with van der Waals surface area (Å²) < 4.78 is 0. The minimum atomic E-state index is -0.0464. The van der Waals surface area contributed by atoms with Gasteiger partial charge in [-0.2, -0.15) is 0 Å². The van der Waals surface area contributed by atoms with Gasteiger partial charge in [0.05, 0.1) is 6.04 Å². The molecule has 11 aromatic carbocycles. The number of nitrogens with zero attached hydrogens (tertiary/aromatic N) is 3. The maximum atomic E-state index is 2.56. The van der Waals surface area contributed by atoms with Gasteiger partial charge in [-0.05, 0) is 155 Å². The fraction of sp³-hybridized carbons (Fsp3) is 0.0312. The molecule has 4 aliphatic rings. The number of allylic oxidation sites excluding steroid dienone is 2. The summed E-state index contributed by atoms with van der Waals surface area (Å²) in [5.74, 6) is 0. The van der Waals surface area contributed by atoms with E-state index in [2.05, 4.69) is 251 Å². The summed E-state index contributed by atoms with van der Waals surface area (Å²) in [5.41, 5.74) is 18.8. The van der Waals surface area contributed by atoms with Gasteiger partial charge in [-0.25, -0.2) is 0 Å². The topological polar surface area (TPSA) is 9.72 Å². The Morgan fingerprint density at radius 1 is 0.382 bits per heavy atom. The average Bonchev–Trinajstić information content (AvgIpc) is 3.74. The molecule has 0 aromatic heterocycles. The van der Waals surface area contributed by atoms with Crippen LogP contribution in [0.1, 0.15) is 17.5 Å². The van der Waals surface area contributed by atoms with Gasteiger partial charge in [0.2, 0.25) is 0 Å². The maximum Gasteiger partial charge on any atom is 0.252 e. The third kappa shape index (κ3) is 5.43. The lowest BCUT2D eigenvalue weighted by Crippen LogP contribution is -2.61. The molecule has 0 radical (unpaired) electrons. The Bertz CT molecular complexity index is 3780. The van der Waals surface area contributed by atoms with Crippen LogP contribution < -0.4 is 31.1 Å². The van der Waals surface area contributed by atoms with Crippen LogP contribution in [0.15, 0.2) is 237 Å². The first-order chi connectivity index (χ1) is 33.7. The molecule has 0 bridgehead atoms. The molecular weight excluding hydrogens is 822 g/mol. The standard InChI is InChI=1S/C64H42BN3/c1-4-18-47(19-5-1)66-58-27-15-14-26-52(58)55-34-43(32-33-59(55)66)46-37-62-64-63(38-46)68(49-22-8-3-9-23-49)61-36-45-31-29-42-17-11-13-25-51(42)54(45)40-57(61)65(64)56-39-53-44(30-28-41-16-10-12-24-50(41)53)35-60(56)67(62)48-20-6-2-7-21-48/h1-32,34-40,59H,33H2.